The smallest absolute Gasteiger partial charge is 0.243 e. The van der Waals surface area contributed by atoms with Crippen molar-refractivity contribution in [1.29, 1.82) is 0 Å². The van der Waals surface area contributed by atoms with E-state index >= 15 is 0 Å². The van der Waals surface area contributed by atoms with Gasteiger partial charge in [0.15, 0.2) is 0 Å². The first-order valence-electron chi connectivity index (χ1n) is 4.83. The minimum atomic E-state index is -0.203. The quantitative estimate of drug-likeness (QED) is 0.634. The van der Waals surface area contributed by atoms with Crippen LogP contribution in [-0.2, 0) is 9.59 Å². The van der Waals surface area contributed by atoms with Crippen LogP contribution in [0.1, 0.15) is 19.3 Å². The molecular formula is C10H16N2O2. The first-order valence-corrected chi connectivity index (χ1v) is 4.83. The van der Waals surface area contributed by atoms with Crippen molar-refractivity contribution in [2.75, 3.05) is 7.05 Å². The van der Waals surface area contributed by atoms with Crippen molar-refractivity contribution in [3.63, 3.8) is 0 Å². The van der Waals surface area contributed by atoms with Gasteiger partial charge in [0, 0.05) is 13.1 Å². The Morgan fingerprint density at radius 2 is 2.14 bits per heavy atom. The van der Waals surface area contributed by atoms with Gasteiger partial charge in [-0.2, -0.15) is 0 Å². The average Bonchev–Trinajstić information content (AvgIpc) is 2.64. The summed E-state index contributed by atoms with van der Waals surface area (Å²) >= 11 is 0. The SMILES string of the molecule is C=CC(=O)NC1CCCC1C(=O)NC. The summed E-state index contributed by atoms with van der Waals surface area (Å²) in [5.74, 6) is -0.272. The molecule has 2 N–H and O–H groups in total. The van der Waals surface area contributed by atoms with Gasteiger partial charge in [-0.25, -0.2) is 0 Å². The Hall–Kier alpha value is -1.32. The van der Waals surface area contributed by atoms with Gasteiger partial charge in [-0.15, -0.1) is 0 Å². The average molecular weight is 196 g/mol. The minimum Gasteiger partial charge on any atom is -0.359 e. The topological polar surface area (TPSA) is 58.2 Å². The fourth-order valence-electron chi connectivity index (χ4n) is 1.87. The lowest BCUT2D eigenvalue weighted by Gasteiger charge is -2.18. The summed E-state index contributed by atoms with van der Waals surface area (Å²) in [6.45, 7) is 3.38. The number of carbonyl (C=O) groups excluding carboxylic acids is 2. The molecule has 0 aromatic carbocycles. The van der Waals surface area contributed by atoms with Crippen molar-refractivity contribution in [3.05, 3.63) is 12.7 Å². The molecule has 2 amide bonds. The van der Waals surface area contributed by atoms with Gasteiger partial charge in [-0.3, -0.25) is 9.59 Å². The molecule has 0 aromatic heterocycles. The molecule has 1 aliphatic rings. The van der Waals surface area contributed by atoms with Crippen molar-refractivity contribution < 1.29 is 9.59 Å². The zero-order valence-corrected chi connectivity index (χ0v) is 8.38. The predicted molar refractivity (Wildman–Crippen MR) is 53.5 cm³/mol. The molecule has 0 bridgehead atoms. The van der Waals surface area contributed by atoms with Crippen LogP contribution in [0.3, 0.4) is 0 Å². The third-order valence-corrected chi connectivity index (χ3v) is 2.61. The molecule has 0 spiro atoms. The molecule has 1 rings (SSSR count). The number of nitrogens with one attached hydrogen (secondary N) is 2. The van der Waals surface area contributed by atoms with Crippen LogP contribution in [-0.4, -0.2) is 24.9 Å². The van der Waals surface area contributed by atoms with E-state index in [2.05, 4.69) is 17.2 Å². The fourth-order valence-corrected chi connectivity index (χ4v) is 1.87. The van der Waals surface area contributed by atoms with Crippen molar-refractivity contribution >= 4 is 11.8 Å². The lowest BCUT2D eigenvalue weighted by atomic mass is 10.0. The zero-order chi connectivity index (χ0) is 10.6. The van der Waals surface area contributed by atoms with Gasteiger partial charge in [0.05, 0.1) is 5.92 Å². The van der Waals surface area contributed by atoms with Crippen LogP contribution in [0.25, 0.3) is 0 Å². The first-order chi connectivity index (χ1) is 6.69. The van der Waals surface area contributed by atoms with Crippen LogP contribution < -0.4 is 10.6 Å². The fraction of sp³-hybridized carbons (Fsp3) is 0.600. The van der Waals surface area contributed by atoms with E-state index in [4.69, 9.17) is 0 Å². The molecule has 1 saturated carbocycles. The van der Waals surface area contributed by atoms with E-state index < -0.39 is 0 Å². The number of hydrogen-bond donors (Lipinski definition) is 2. The van der Waals surface area contributed by atoms with Crippen LogP contribution in [0, 0.1) is 5.92 Å². The van der Waals surface area contributed by atoms with E-state index in [1.807, 2.05) is 0 Å². The van der Waals surface area contributed by atoms with Crippen LogP contribution in [0.2, 0.25) is 0 Å². The number of hydrogen-bond acceptors (Lipinski definition) is 2. The zero-order valence-electron chi connectivity index (χ0n) is 8.38. The summed E-state index contributed by atoms with van der Waals surface area (Å²) in [6, 6.07) is -0.0274. The molecule has 0 aliphatic heterocycles. The second-order valence-corrected chi connectivity index (χ2v) is 3.47. The molecular weight excluding hydrogens is 180 g/mol. The highest BCUT2D eigenvalue weighted by Crippen LogP contribution is 2.25. The molecule has 1 fully saturated rings. The summed E-state index contributed by atoms with van der Waals surface area (Å²) in [6.07, 6.45) is 3.94. The highest BCUT2D eigenvalue weighted by Gasteiger charge is 2.32. The third-order valence-electron chi connectivity index (χ3n) is 2.61. The van der Waals surface area contributed by atoms with Crippen molar-refractivity contribution in [2.45, 2.75) is 25.3 Å². The molecule has 0 radical (unpaired) electrons. The normalized spacial score (nSPS) is 25.5. The maximum Gasteiger partial charge on any atom is 0.243 e. The lowest BCUT2D eigenvalue weighted by molar-refractivity contribution is -0.125. The molecule has 1 aliphatic carbocycles. The second kappa shape index (κ2) is 4.79. The number of carbonyl (C=O) groups is 2. The highest BCUT2D eigenvalue weighted by atomic mass is 16.2. The maximum atomic E-state index is 11.4. The molecule has 4 nitrogen and oxygen atoms in total. The number of amides is 2. The third kappa shape index (κ3) is 2.34. The monoisotopic (exact) mass is 196 g/mol. The molecule has 14 heavy (non-hydrogen) atoms. The van der Waals surface area contributed by atoms with Gasteiger partial charge in [-0.05, 0) is 18.9 Å². The van der Waals surface area contributed by atoms with Crippen LogP contribution >= 0.6 is 0 Å². The van der Waals surface area contributed by atoms with E-state index in [1.165, 1.54) is 6.08 Å². The molecule has 0 heterocycles. The lowest BCUT2D eigenvalue weighted by Crippen LogP contribution is -2.42. The predicted octanol–water partition coefficient (Wildman–Crippen LogP) is 0.203. The maximum absolute atomic E-state index is 11.4. The Morgan fingerprint density at radius 1 is 1.43 bits per heavy atom. The second-order valence-electron chi connectivity index (χ2n) is 3.47. The van der Waals surface area contributed by atoms with Gasteiger partial charge in [0.1, 0.15) is 0 Å². The van der Waals surface area contributed by atoms with Crippen LogP contribution in [0.15, 0.2) is 12.7 Å². The number of rotatable bonds is 3. The van der Waals surface area contributed by atoms with Gasteiger partial charge >= 0.3 is 0 Å². The van der Waals surface area contributed by atoms with Crippen LogP contribution in [0.5, 0.6) is 0 Å². The van der Waals surface area contributed by atoms with E-state index in [1.54, 1.807) is 7.05 Å². The summed E-state index contributed by atoms with van der Waals surface area (Å²) in [4.78, 5) is 22.5. The Bertz CT molecular complexity index is 251. The molecule has 0 saturated heterocycles. The Balaban J connectivity index is 2.55. The van der Waals surface area contributed by atoms with E-state index in [9.17, 15) is 9.59 Å². The summed E-state index contributed by atoms with van der Waals surface area (Å²) < 4.78 is 0. The van der Waals surface area contributed by atoms with E-state index in [-0.39, 0.29) is 23.8 Å². The largest absolute Gasteiger partial charge is 0.359 e. The van der Waals surface area contributed by atoms with Crippen molar-refractivity contribution in [1.82, 2.24) is 10.6 Å². The summed E-state index contributed by atoms with van der Waals surface area (Å²) in [5.41, 5.74) is 0. The standard InChI is InChI=1S/C10H16N2O2/c1-3-9(13)12-8-6-4-5-7(8)10(14)11-2/h3,7-8H,1,4-6H2,2H3,(H,11,14)(H,12,13). The van der Waals surface area contributed by atoms with Gasteiger partial charge in [0.2, 0.25) is 11.8 Å². The Morgan fingerprint density at radius 3 is 2.71 bits per heavy atom. The molecule has 2 atom stereocenters. The summed E-state index contributed by atoms with van der Waals surface area (Å²) in [5, 5.41) is 5.39. The molecule has 78 valence electrons. The summed E-state index contributed by atoms with van der Waals surface area (Å²) in [7, 11) is 1.62. The highest BCUT2D eigenvalue weighted by molar-refractivity contribution is 5.88. The van der Waals surface area contributed by atoms with Gasteiger partial charge < -0.3 is 10.6 Å². The Labute approximate surface area is 83.8 Å². The minimum absolute atomic E-state index is 0.0110. The molecule has 0 aromatic rings. The van der Waals surface area contributed by atoms with Crippen LogP contribution in [0.4, 0.5) is 0 Å². The molecule has 4 heteroatoms. The van der Waals surface area contributed by atoms with Crippen molar-refractivity contribution in [2.24, 2.45) is 5.92 Å². The molecule has 2 unspecified atom stereocenters. The Kier molecular flexibility index (Phi) is 3.68. The van der Waals surface area contributed by atoms with Gasteiger partial charge in [0.25, 0.3) is 0 Å². The van der Waals surface area contributed by atoms with E-state index in [0.717, 1.165) is 19.3 Å². The van der Waals surface area contributed by atoms with E-state index in [0.29, 0.717) is 0 Å². The first kappa shape index (κ1) is 10.8. The van der Waals surface area contributed by atoms with Crippen molar-refractivity contribution in [3.8, 4) is 0 Å². The van der Waals surface area contributed by atoms with Gasteiger partial charge in [-0.1, -0.05) is 13.0 Å².